The molecule has 9 nitrogen and oxygen atoms in total. The molecule has 2 aliphatic rings. The lowest BCUT2D eigenvalue weighted by Crippen LogP contribution is -2.45. The van der Waals surface area contributed by atoms with Crippen LogP contribution < -0.4 is 15.8 Å². The number of anilines is 3. The Kier molecular flexibility index (Phi) is 5.25. The number of pyridine rings is 2. The van der Waals surface area contributed by atoms with Crippen LogP contribution in [-0.4, -0.2) is 63.1 Å². The number of hydrogen-bond acceptors (Lipinski definition) is 7. The van der Waals surface area contributed by atoms with Crippen LogP contribution in [0.3, 0.4) is 0 Å². The van der Waals surface area contributed by atoms with E-state index in [1.54, 1.807) is 10.6 Å². The summed E-state index contributed by atoms with van der Waals surface area (Å²) in [5.41, 5.74) is 2.84. The molecule has 5 heterocycles. The van der Waals surface area contributed by atoms with E-state index in [-0.39, 0.29) is 5.56 Å². The first-order valence-corrected chi connectivity index (χ1v) is 11.9. The molecule has 0 amide bonds. The lowest BCUT2D eigenvalue weighted by Gasteiger charge is -2.34. The van der Waals surface area contributed by atoms with Crippen molar-refractivity contribution in [1.29, 1.82) is 0 Å². The van der Waals surface area contributed by atoms with Crippen molar-refractivity contribution in [1.82, 2.24) is 28.9 Å². The smallest absolute Gasteiger partial charge is 0.251 e. The van der Waals surface area contributed by atoms with Gasteiger partial charge in [0.1, 0.15) is 17.1 Å². The Morgan fingerprint density at radius 2 is 1.76 bits per heavy atom. The van der Waals surface area contributed by atoms with Crippen molar-refractivity contribution in [3.05, 3.63) is 47.0 Å². The highest BCUT2D eigenvalue weighted by atomic mass is 16.1. The number of piperazine rings is 1. The number of fused-ring (bicyclic) bond motifs is 3. The third kappa shape index (κ3) is 3.62. The molecular formula is C24H27BN8O. The first-order chi connectivity index (χ1) is 16.6. The van der Waals surface area contributed by atoms with Crippen LogP contribution in [0.5, 0.6) is 0 Å². The SMILES string of the molecule is [B]N1CCN(c2ccc(Nc3ncc4c5ccc(=O)n(C)c5n(C5CCCC5)c4n3)nc2)CC1. The molecule has 172 valence electrons. The topological polar surface area (TPSA) is 84.1 Å². The van der Waals surface area contributed by atoms with Gasteiger partial charge in [-0.25, -0.2) is 9.97 Å². The summed E-state index contributed by atoms with van der Waals surface area (Å²) < 4.78 is 3.98. The molecule has 6 rings (SSSR count). The third-order valence-corrected chi connectivity index (χ3v) is 7.15. The summed E-state index contributed by atoms with van der Waals surface area (Å²) in [5.74, 6) is 1.19. The fourth-order valence-electron chi connectivity index (χ4n) is 5.28. The van der Waals surface area contributed by atoms with Crippen molar-refractivity contribution in [2.24, 2.45) is 7.05 Å². The van der Waals surface area contributed by atoms with Crippen LogP contribution in [0.4, 0.5) is 17.5 Å². The molecule has 10 heteroatoms. The van der Waals surface area contributed by atoms with Crippen LogP contribution in [0.2, 0.25) is 0 Å². The molecule has 2 radical (unpaired) electrons. The molecule has 0 aromatic carbocycles. The standard InChI is InChI=1S/C24H27BN8O/c1-30-21(34)9-7-18-19-15-27-24(29-22(19)33(23(18)30)16-4-2-3-5-16)28-20-8-6-17(14-26-20)31-10-12-32(25)13-11-31/h6-9,14-16H,2-5,10-13H2,1H3,(H,26,27,28,29). The van der Waals surface area contributed by atoms with Gasteiger partial charge in [0, 0.05) is 62.3 Å². The lowest BCUT2D eigenvalue weighted by atomic mass is 10.2. The Morgan fingerprint density at radius 3 is 2.50 bits per heavy atom. The second-order valence-electron chi connectivity index (χ2n) is 9.26. The maximum absolute atomic E-state index is 12.4. The minimum Gasteiger partial charge on any atom is -0.368 e. The average molecular weight is 454 g/mol. The van der Waals surface area contributed by atoms with Gasteiger partial charge in [0.05, 0.1) is 11.9 Å². The monoisotopic (exact) mass is 454 g/mol. The van der Waals surface area contributed by atoms with Crippen molar-refractivity contribution >= 4 is 47.5 Å². The van der Waals surface area contributed by atoms with Crippen molar-refractivity contribution in [2.75, 3.05) is 36.4 Å². The highest BCUT2D eigenvalue weighted by molar-refractivity contribution is 6.05. The predicted octanol–water partition coefficient (Wildman–Crippen LogP) is 2.74. The molecule has 0 unspecified atom stereocenters. The molecule has 34 heavy (non-hydrogen) atoms. The molecule has 1 aliphatic heterocycles. The molecule has 1 N–H and O–H groups in total. The summed E-state index contributed by atoms with van der Waals surface area (Å²) in [4.78, 5) is 30.6. The predicted molar refractivity (Wildman–Crippen MR) is 135 cm³/mol. The maximum atomic E-state index is 12.4. The van der Waals surface area contributed by atoms with Gasteiger partial charge in [0.25, 0.3) is 5.56 Å². The average Bonchev–Trinajstić information content (AvgIpc) is 3.49. The van der Waals surface area contributed by atoms with E-state index in [1.165, 1.54) is 12.8 Å². The zero-order valence-electron chi connectivity index (χ0n) is 19.3. The number of aromatic nitrogens is 5. The quantitative estimate of drug-likeness (QED) is 0.475. The molecule has 1 saturated heterocycles. The maximum Gasteiger partial charge on any atom is 0.251 e. The van der Waals surface area contributed by atoms with E-state index in [0.29, 0.717) is 17.8 Å². The number of aryl methyl sites for hydroxylation is 1. The number of hydrogen-bond donors (Lipinski definition) is 1. The number of nitrogens with zero attached hydrogens (tertiary/aromatic N) is 7. The van der Waals surface area contributed by atoms with E-state index in [0.717, 1.165) is 66.8 Å². The largest absolute Gasteiger partial charge is 0.368 e. The van der Waals surface area contributed by atoms with Crippen LogP contribution >= 0.6 is 0 Å². The van der Waals surface area contributed by atoms with Crippen LogP contribution in [0.25, 0.3) is 22.1 Å². The molecule has 0 atom stereocenters. The molecule has 2 fully saturated rings. The molecule has 4 aromatic heterocycles. The minimum atomic E-state index is -0.0157. The summed E-state index contributed by atoms with van der Waals surface area (Å²) in [6.07, 6.45) is 8.30. The molecule has 1 aliphatic carbocycles. The van der Waals surface area contributed by atoms with Gasteiger partial charge < -0.3 is 19.6 Å². The van der Waals surface area contributed by atoms with E-state index in [9.17, 15) is 4.79 Å². The number of nitrogens with one attached hydrogen (secondary N) is 1. The fraction of sp³-hybridized carbons (Fsp3) is 0.417. The van der Waals surface area contributed by atoms with Gasteiger partial charge in [0.2, 0.25) is 5.95 Å². The van der Waals surface area contributed by atoms with Crippen molar-refractivity contribution < 1.29 is 0 Å². The summed E-state index contributed by atoms with van der Waals surface area (Å²) in [6, 6.07) is 7.86. The Morgan fingerprint density at radius 1 is 0.971 bits per heavy atom. The van der Waals surface area contributed by atoms with Crippen molar-refractivity contribution in [3.63, 3.8) is 0 Å². The Balaban J connectivity index is 1.35. The van der Waals surface area contributed by atoms with Gasteiger partial charge in [0.15, 0.2) is 7.98 Å². The Bertz CT molecular complexity index is 1400. The highest BCUT2D eigenvalue weighted by Crippen LogP contribution is 2.37. The van der Waals surface area contributed by atoms with Gasteiger partial charge in [-0.05, 0) is 31.0 Å². The molecule has 0 spiro atoms. The van der Waals surface area contributed by atoms with Gasteiger partial charge in [-0.1, -0.05) is 12.8 Å². The Labute approximate surface area is 198 Å². The van der Waals surface area contributed by atoms with Gasteiger partial charge in [-0.3, -0.25) is 9.36 Å². The van der Waals surface area contributed by atoms with Crippen molar-refractivity contribution in [2.45, 2.75) is 31.7 Å². The molecule has 1 saturated carbocycles. The van der Waals surface area contributed by atoms with Crippen LogP contribution in [0.1, 0.15) is 31.7 Å². The summed E-state index contributed by atoms with van der Waals surface area (Å²) in [6.45, 7) is 3.46. The number of rotatable bonds is 4. The fourth-order valence-corrected chi connectivity index (χ4v) is 5.28. The summed E-state index contributed by atoms with van der Waals surface area (Å²) in [5, 5.41) is 5.23. The van der Waals surface area contributed by atoms with Gasteiger partial charge >= 0.3 is 0 Å². The third-order valence-electron chi connectivity index (χ3n) is 7.15. The first-order valence-electron chi connectivity index (χ1n) is 11.9. The normalized spacial score (nSPS) is 17.7. The zero-order valence-corrected chi connectivity index (χ0v) is 19.3. The van der Waals surface area contributed by atoms with E-state index in [4.69, 9.17) is 13.0 Å². The van der Waals surface area contributed by atoms with Crippen LogP contribution in [-0.2, 0) is 7.05 Å². The van der Waals surface area contributed by atoms with E-state index in [2.05, 4.69) is 30.8 Å². The molecular weight excluding hydrogens is 427 g/mol. The zero-order chi connectivity index (χ0) is 23.2. The van der Waals surface area contributed by atoms with Crippen LogP contribution in [0.15, 0.2) is 41.5 Å². The van der Waals surface area contributed by atoms with Gasteiger partial charge in [-0.15, -0.1) is 0 Å². The summed E-state index contributed by atoms with van der Waals surface area (Å²) >= 11 is 0. The summed E-state index contributed by atoms with van der Waals surface area (Å²) in [7, 11) is 7.70. The van der Waals surface area contributed by atoms with Crippen molar-refractivity contribution in [3.8, 4) is 0 Å². The van der Waals surface area contributed by atoms with Crippen LogP contribution in [0, 0.1) is 0 Å². The second-order valence-corrected chi connectivity index (χ2v) is 9.26. The molecule has 0 bridgehead atoms. The second kappa shape index (κ2) is 8.43. The lowest BCUT2D eigenvalue weighted by molar-refractivity contribution is 0.415. The Hall–Kier alpha value is -3.40. The molecule has 4 aromatic rings. The highest BCUT2D eigenvalue weighted by Gasteiger charge is 2.25. The van der Waals surface area contributed by atoms with E-state index in [1.807, 2.05) is 36.4 Å². The first kappa shape index (κ1) is 21.2. The minimum absolute atomic E-state index is 0.0157. The van der Waals surface area contributed by atoms with E-state index >= 15 is 0 Å². The van der Waals surface area contributed by atoms with Gasteiger partial charge in [-0.2, -0.15) is 4.98 Å². The van der Waals surface area contributed by atoms with E-state index < -0.39 is 0 Å².